The first-order chi connectivity index (χ1) is 13.7. The number of fused-ring (bicyclic) bond motifs is 1. The van der Waals surface area contributed by atoms with E-state index >= 15 is 0 Å². The zero-order valence-corrected chi connectivity index (χ0v) is 16.8. The van der Waals surface area contributed by atoms with Crippen molar-refractivity contribution in [1.82, 2.24) is 15.1 Å². The highest BCUT2D eigenvalue weighted by atomic mass is 16.2. The fourth-order valence-corrected chi connectivity index (χ4v) is 4.45. The van der Waals surface area contributed by atoms with Gasteiger partial charge in [0.1, 0.15) is 6.04 Å². The number of nitrogens with zero attached hydrogens (tertiary/aromatic N) is 2. The highest BCUT2D eigenvalue weighted by Gasteiger charge is 2.39. The van der Waals surface area contributed by atoms with Gasteiger partial charge in [-0.2, -0.15) is 0 Å². The van der Waals surface area contributed by atoms with E-state index < -0.39 is 11.9 Å². The number of amides is 5. The van der Waals surface area contributed by atoms with Crippen LogP contribution in [0.3, 0.4) is 0 Å². The Hall–Kier alpha value is -2.90. The van der Waals surface area contributed by atoms with Crippen molar-refractivity contribution in [2.24, 2.45) is 5.41 Å². The normalized spacial score (nSPS) is 23.7. The van der Waals surface area contributed by atoms with Crippen molar-refractivity contribution in [3.05, 3.63) is 29.3 Å². The molecule has 3 heterocycles. The lowest BCUT2D eigenvalue weighted by Gasteiger charge is -2.37. The van der Waals surface area contributed by atoms with Gasteiger partial charge in [-0.1, -0.05) is 13.8 Å². The number of nitrogens with one attached hydrogen (secondary N) is 2. The average Bonchev–Trinajstić information content (AvgIpc) is 2.97. The lowest BCUT2D eigenvalue weighted by Crippen LogP contribution is -2.52. The van der Waals surface area contributed by atoms with Gasteiger partial charge in [0.15, 0.2) is 0 Å². The van der Waals surface area contributed by atoms with Gasteiger partial charge in [-0.3, -0.25) is 19.7 Å². The molecule has 4 rings (SSSR count). The monoisotopic (exact) mass is 398 g/mol. The topological polar surface area (TPSA) is 98.8 Å². The molecule has 0 spiro atoms. The summed E-state index contributed by atoms with van der Waals surface area (Å²) in [6.07, 6.45) is 2.65. The number of hydrogen-bond acceptors (Lipinski definition) is 4. The van der Waals surface area contributed by atoms with Crippen LogP contribution in [0, 0.1) is 5.41 Å². The van der Waals surface area contributed by atoms with Gasteiger partial charge in [-0.25, -0.2) is 4.79 Å². The van der Waals surface area contributed by atoms with Gasteiger partial charge in [0.2, 0.25) is 11.8 Å². The summed E-state index contributed by atoms with van der Waals surface area (Å²) in [6, 6.07) is 4.44. The van der Waals surface area contributed by atoms with Crippen molar-refractivity contribution in [3.8, 4) is 0 Å². The highest BCUT2D eigenvalue weighted by Crippen LogP contribution is 2.31. The van der Waals surface area contributed by atoms with Gasteiger partial charge in [-0.15, -0.1) is 0 Å². The number of anilines is 1. The minimum absolute atomic E-state index is 0.113. The number of likely N-dealkylation sites (tertiary alicyclic amines) is 1. The fraction of sp³-hybridized carbons (Fsp3) is 0.524. The number of carbonyl (C=O) groups is 4. The van der Waals surface area contributed by atoms with Crippen LogP contribution in [-0.4, -0.2) is 52.7 Å². The van der Waals surface area contributed by atoms with E-state index in [0.717, 1.165) is 24.9 Å². The number of hydrogen-bond donors (Lipinski definition) is 2. The van der Waals surface area contributed by atoms with Crippen molar-refractivity contribution >= 4 is 29.4 Å². The molecule has 1 aromatic rings. The van der Waals surface area contributed by atoms with Crippen LogP contribution in [0.2, 0.25) is 0 Å². The molecule has 0 radical (unpaired) electrons. The van der Waals surface area contributed by atoms with Crippen molar-refractivity contribution in [1.29, 1.82) is 0 Å². The lowest BCUT2D eigenvalue weighted by atomic mass is 9.84. The summed E-state index contributed by atoms with van der Waals surface area (Å²) in [6.45, 7) is 6.07. The number of benzene rings is 1. The Morgan fingerprint density at radius 2 is 2.03 bits per heavy atom. The molecule has 154 valence electrons. The van der Waals surface area contributed by atoms with Gasteiger partial charge in [0, 0.05) is 37.3 Å². The van der Waals surface area contributed by atoms with E-state index in [1.165, 1.54) is 4.90 Å². The van der Waals surface area contributed by atoms with Crippen LogP contribution in [0.25, 0.3) is 0 Å². The molecule has 1 aromatic carbocycles. The van der Waals surface area contributed by atoms with Crippen molar-refractivity contribution in [2.75, 3.05) is 18.4 Å². The number of imide groups is 1. The van der Waals surface area contributed by atoms with Crippen LogP contribution < -0.4 is 10.6 Å². The van der Waals surface area contributed by atoms with E-state index in [-0.39, 0.29) is 29.7 Å². The van der Waals surface area contributed by atoms with Crippen LogP contribution in [0.4, 0.5) is 10.5 Å². The number of urea groups is 1. The molecule has 1 atom stereocenters. The Kier molecular flexibility index (Phi) is 4.80. The molecule has 0 saturated carbocycles. The Bertz CT molecular complexity index is 895. The molecular weight excluding hydrogens is 372 g/mol. The third-order valence-electron chi connectivity index (χ3n) is 5.96. The van der Waals surface area contributed by atoms with Crippen LogP contribution in [-0.2, 0) is 16.1 Å². The first-order valence-electron chi connectivity index (χ1n) is 10.1. The van der Waals surface area contributed by atoms with Gasteiger partial charge < -0.3 is 15.1 Å². The first-order valence-corrected chi connectivity index (χ1v) is 10.1. The van der Waals surface area contributed by atoms with Crippen LogP contribution in [0.15, 0.2) is 18.2 Å². The minimum Gasteiger partial charge on any atom is -0.324 e. The van der Waals surface area contributed by atoms with Crippen LogP contribution in [0.5, 0.6) is 0 Å². The standard InChI is InChI=1S/C21H26N4O4/c1-21(2)8-3-9-24(12-21)20(29)22-14-4-5-15-13(10-14)11-25(19(15)28)16-6-7-17(26)23-18(16)27/h4-5,10,16H,3,6-9,11-12H2,1-2H3,(H,22,29)(H,23,26,27). The second kappa shape index (κ2) is 7.17. The molecule has 3 aliphatic rings. The maximum absolute atomic E-state index is 12.7. The number of carbonyl (C=O) groups excluding carboxylic acids is 4. The molecule has 29 heavy (non-hydrogen) atoms. The molecule has 1 unspecified atom stereocenters. The predicted molar refractivity (Wildman–Crippen MR) is 106 cm³/mol. The predicted octanol–water partition coefficient (Wildman–Crippen LogP) is 2.10. The molecule has 2 fully saturated rings. The third-order valence-corrected chi connectivity index (χ3v) is 5.96. The summed E-state index contributed by atoms with van der Waals surface area (Å²) in [7, 11) is 0. The molecule has 0 aliphatic carbocycles. The summed E-state index contributed by atoms with van der Waals surface area (Å²) in [5.74, 6) is -0.949. The Balaban J connectivity index is 1.45. The maximum Gasteiger partial charge on any atom is 0.321 e. The van der Waals surface area contributed by atoms with Gasteiger partial charge in [-0.05, 0) is 48.4 Å². The second-order valence-corrected chi connectivity index (χ2v) is 8.89. The second-order valence-electron chi connectivity index (χ2n) is 8.89. The molecule has 3 aliphatic heterocycles. The zero-order chi connectivity index (χ0) is 20.8. The van der Waals surface area contributed by atoms with Crippen molar-refractivity contribution in [2.45, 2.75) is 52.1 Å². The number of piperidine rings is 2. The summed E-state index contributed by atoms with van der Waals surface area (Å²) in [5.41, 5.74) is 2.06. The van der Waals surface area contributed by atoms with E-state index in [1.807, 2.05) is 4.90 Å². The van der Waals surface area contributed by atoms with Gasteiger partial charge >= 0.3 is 6.03 Å². The Morgan fingerprint density at radius 1 is 1.24 bits per heavy atom. The van der Waals surface area contributed by atoms with Gasteiger partial charge in [0.25, 0.3) is 5.91 Å². The zero-order valence-electron chi connectivity index (χ0n) is 16.8. The van der Waals surface area contributed by atoms with Crippen molar-refractivity contribution in [3.63, 3.8) is 0 Å². The average molecular weight is 398 g/mol. The van der Waals surface area contributed by atoms with Crippen LogP contribution >= 0.6 is 0 Å². The quantitative estimate of drug-likeness (QED) is 0.746. The Labute approximate surface area is 169 Å². The molecule has 2 N–H and O–H groups in total. The third kappa shape index (κ3) is 3.83. The Morgan fingerprint density at radius 3 is 2.76 bits per heavy atom. The van der Waals surface area contributed by atoms with E-state index in [1.54, 1.807) is 18.2 Å². The maximum atomic E-state index is 12.7. The summed E-state index contributed by atoms with van der Waals surface area (Å²) in [4.78, 5) is 52.2. The molecule has 8 heteroatoms. The summed E-state index contributed by atoms with van der Waals surface area (Å²) in [5, 5.41) is 5.24. The number of rotatable bonds is 2. The summed E-state index contributed by atoms with van der Waals surface area (Å²) >= 11 is 0. The highest BCUT2D eigenvalue weighted by molar-refractivity contribution is 6.05. The molecule has 2 saturated heterocycles. The largest absolute Gasteiger partial charge is 0.324 e. The molecular formula is C21H26N4O4. The molecule has 0 aromatic heterocycles. The van der Waals surface area contributed by atoms with Crippen LogP contribution in [0.1, 0.15) is 55.5 Å². The molecule has 5 amide bonds. The van der Waals surface area contributed by atoms with E-state index in [2.05, 4.69) is 24.5 Å². The van der Waals surface area contributed by atoms with E-state index in [0.29, 0.717) is 30.8 Å². The van der Waals surface area contributed by atoms with E-state index in [9.17, 15) is 19.2 Å². The minimum atomic E-state index is -0.638. The van der Waals surface area contributed by atoms with E-state index in [4.69, 9.17) is 0 Å². The smallest absolute Gasteiger partial charge is 0.321 e. The molecule has 0 bridgehead atoms. The SMILES string of the molecule is CC1(C)CCCN(C(=O)Nc2ccc3c(c2)CN(C2CCC(=O)NC2=O)C3=O)C1. The van der Waals surface area contributed by atoms with Crippen molar-refractivity contribution < 1.29 is 19.2 Å². The lowest BCUT2D eigenvalue weighted by molar-refractivity contribution is -0.136. The first kappa shape index (κ1) is 19.4. The van der Waals surface area contributed by atoms with Gasteiger partial charge in [0.05, 0.1) is 0 Å². The molecule has 8 nitrogen and oxygen atoms in total. The fourth-order valence-electron chi connectivity index (χ4n) is 4.45. The summed E-state index contributed by atoms with van der Waals surface area (Å²) < 4.78 is 0.